The number of hydrogen-bond acceptors (Lipinski definition) is 3. The van der Waals surface area contributed by atoms with E-state index in [4.69, 9.17) is 9.52 Å². The second kappa shape index (κ2) is 5.51. The molecule has 1 N–H and O–H groups in total. The van der Waals surface area contributed by atoms with E-state index in [0.29, 0.717) is 12.1 Å². The molecule has 1 saturated heterocycles. The van der Waals surface area contributed by atoms with Crippen molar-refractivity contribution in [3.63, 3.8) is 0 Å². The summed E-state index contributed by atoms with van der Waals surface area (Å²) in [4.78, 5) is 14.3. The van der Waals surface area contributed by atoms with Gasteiger partial charge < -0.3 is 14.4 Å². The lowest BCUT2D eigenvalue weighted by atomic mass is 10.1. The number of likely N-dealkylation sites (tertiary alicyclic amines) is 1. The monoisotopic (exact) mass is 271 g/mol. The molecule has 1 amide bonds. The smallest absolute Gasteiger partial charge is 0.253 e. The van der Waals surface area contributed by atoms with Gasteiger partial charge in [0, 0.05) is 36.7 Å². The molecule has 0 bridgehead atoms. The average Bonchev–Trinajstić information content (AvgIpc) is 3.17. The summed E-state index contributed by atoms with van der Waals surface area (Å²) < 4.78 is 5.07. The van der Waals surface area contributed by atoms with E-state index in [2.05, 4.69) is 0 Å². The highest BCUT2D eigenvalue weighted by molar-refractivity contribution is 5.95. The van der Waals surface area contributed by atoms with Crippen LogP contribution in [0.15, 0.2) is 47.3 Å². The molecule has 0 spiro atoms. The van der Waals surface area contributed by atoms with E-state index in [1.165, 1.54) is 0 Å². The minimum Gasteiger partial charge on any atom is -0.472 e. The summed E-state index contributed by atoms with van der Waals surface area (Å²) in [6.07, 6.45) is 4.17. The molecule has 1 fully saturated rings. The Kier molecular flexibility index (Phi) is 3.56. The molecular weight excluding hydrogens is 254 g/mol. The van der Waals surface area contributed by atoms with Gasteiger partial charge in [0.2, 0.25) is 0 Å². The Balaban J connectivity index is 1.80. The first-order valence-electron chi connectivity index (χ1n) is 6.80. The van der Waals surface area contributed by atoms with E-state index in [0.717, 1.165) is 24.1 Å². The average molecular weight is 271 g/mol. The highest BCUT2D eigenvalue weighted by atomic mass is 16.3. The molecule has 1 atom stereocenters. The topological polar surface area (TPSA) is 53.7 Å². The Labute approximate surface area is 117 Å². The Hall–Kier alpha value is -2.07. The largest absolute Gasteiger partial charge is 0.472 e. The lowest BCUT2D eigenvalue weighted by molar-refractivity contribution is 0.0782. The van der Waals surface area contributed by atoms with Crippen LogP contribution in [0.1, 0.15) is 16.8 Å². The summed E-state index contributed by atoms with van der Waals surface area (Å²) in [5, 5.41) is 9.16. The quantitative estimate of drug-likeness (QED) is 0.932. The molecule has 2 heterocycles. The number of aliphatic hydroxyl groups is 1. The summed E-state index contributed by atoms with van der Waals surface area (Å²) in [5.74, 6) is 0.252. The predicted molar refractivity (Wildman–Crippen MR) is 75.2 cm³/mol. The first-order valence-corrected chi connectivity index (χ1v) is 6.80. The van der Waals surface area contributed by atoms with Crippen molar-refractivity contribution in [2.75, 3.05) is 19.7 Å². The van der Waals surface area contributed by atoms with Crippen LogP contribution in [-0.2, 0) is 0 Å². The SMILES string of the molecule is O=C(c1cccc(-c2ccoc2)c1)N1CCC(CO)C1. The van der Waals surface area contributed by atoms with Gasteiger partial charge in [-0.3, -0.25) is 4.79 Å². The second-order valence-corrected chi connectivity index (χ2v) is 5.18. The molecule has 1 aliphatic rings. The fraction of sp³-hybridized carbons (Fsp3) is 0.312. The molecule has 1 unspecified atom stereocenters. The molecule has 4 heteroatoms. The lowest BCUT2D eigenvalue weighted by Crippen LogP contribution is -2.29. The van der Waals surface area contributed by atoms with Crippen molar-refractivity contribution in [1.82, 2.24) is 4.90 Å². The van der Waals surface area contributed by atoms with Gasteiger partial charge in [0.25, 0.3) is 5.91 Å². The Morgan fingerprint density at radius 1 is 1.35 bits per heavy atom. The maximum absolute atomic E-state index is 12.5. The summed E-state index contributed by atoms with van der Waals surface area (Å²) >= 11 is 0. The van der Waals surface area contributed by atoms with Gasteiger partial charge in [0.1, 0.15) is 0 Å². The van der Waals surface area contributed by atoms with Crippen molar-refractivity contribution in [2.24, 2.45) is 5.92 Å². The number of benzene rings is 1. The van der Waals surface area contributed by atoms with Crippen molar-refractivity contribution in [3.8, 4) is 11.1 Å². The van der Waals surface area contributed by atoms with Crippen molar-refractivity contribution in [1.29, 1.82) is 0 Å². The summed E-state index contributed by atoms with van der Waals surface area (Å²) in [7, 11) is 0. The first kappa shape index (κ1) is 12.9. The minimum absolute atomic E-state index is 0.0336. The molecule has 1 aliphatic heterocycles. The number of carbonyl (C=O) groups is 1. The molecule has 0 aliphatic carbocycles. The van der Waals surface area contributed by atoms with Gasteiger partial charge in [0.15, 0.2) is 0 Å². The third-order valence-corrected chi connectivity index (χ3v) is 3.80. The van der Waals surface area contributed by atoms with Crippen molar-refractivity contribution >= 4 is 5.91 Å². The molecule has 0 radical (unpaired) electrons. The van der Waals surface area contributed by atoms with E-state index < -0.39 is 0 Å². The van der Waals surface area contributed by atoms with Crippen LogP contribution >= 0.6 is 0 Å². The predicted octanol–water partition coefficient (Wildman–Crippen LogP) is 2.40. The molecular formula is C16H17NO3. The summed E-state index contributed by atoms with van der Waals surface area (Å²) in [6.45, 7) is 1.52. The molecule has 3 rings (SSSR count). The maximum atomic E-state index is 12.5. The second-order valence-electron chi connectivity index (χ2n) is 5.18. The summed E-state index contributed by atoms with van der Waals surface area (Å²) in [5.41, 5.74) is 2.62. The number of nitrogens with zero attached hydrogens (tertiary/aromatic N) is 1. The van der Waals surface area contributed by atoms with Crippen molar-refractivity contribution < 1.29 is 14.3 Å². The Morgan fingerprint density at radius 2 is 2.25 bits per heavy atom. The number of amides is 1. The standard InChI is InChI=1S/C16H17NO3/c18-10-12-4-6-17(9-12)16(19)14-3-1-2-13(8-14)15-5-7-20-11-15/h1-3,5,7-8,11-12,18H,4,6,9-10H2. The van der Waals surface area contributed by atoms with Gasteiger partial charge in [-0.2, -0.15) is 0 Å². The van der Waals surface area contributed by atoms with E-state index >= 15 is 0 Å². The van der Waals surface area contributed by atoms with Crippen LogP contribution in [-0.4, -0.2) is 35.6 Å². The Morgan fingerprint density at radius 3 is 2.95 bits per heavy atom. The molecule has 1 aromatic carbocycles. The van der Waals surface area contributed by atoms with Crippen molar-refractivity contribution in [2.45, 2.75) is 6.42 Å². The van der Waals surface area contributed by atoms with Crippen LogP contribution in [0.5, 0.6) is 0 Å². The van der Waals surface area contributed by atoms with E-state index in [-0.39, 0.29) is 18.4 Å². The number of hydrogen-bond donors (Lipinski definition) is 1. The normalized spacial score (nSPS) is 18.4. The van der Waals surface area contributed by atoms with Crippen LogP contribution in [0, 0.1) is 5.92 Å². The van der Waals surface area contributed by atoms with Gasteiger partial charge in [-0.25, -0.2) is 0 Å². The van der Waals surface area contributed by atoms with Crippen molar-refractivity contribution in [3.05, 3.63) is 48.4 Å². The molecule has 0 saturated carbocycles. The van der Waals surface area contributed by atoms with Crippen LogP contribution < -0.4 is 0 Å². The number of aliphatic hydroxyl groups excluding tert-OH is 1. The van der Waals surface area contributed by atoms with E-state index in [9.17, 15) is 4.79 Å². The van der Waals surface area contributed by atoms with Gasteiger partial charge >= 0.3 is 0 Å². The van der Waals surface area contributed by atoms with Gasteiger partial charge in [0.05, 0.1) is 12.5 Å². The zero-order valence-corrected chi connectivity index (χ0v) is 11.2. The fourth-order valence-electron chi connectivity index (χ4n) is 2.61. The summed E-state index contributed by atoms with van der Waals surface area (Å²) in [6, 6.07) is 9.44. The zero-order chi connectivity index (χ0) is 13.9. The molecule has 4 nitrogen and oxygen atoms in total. The maximum Gasteiger partial charge on any atom is 0.253 e. The van der Waals surface area contributed by atoms with Gasteiger partial charge in [-0.05, 0) is 30.2 Å². The molecule has 104 valence electrons. The fourth-order valence-corrected chi connectivity index (χ4v) is 2.61. The highest BCUT2D eigenvalue weighted by Gasteiger charge is 2.26. The third kappa shape index (κ3) is 2.47. The number of rotatable bonds is 3. The van der Waals surface area contributed by atoms with E-state index in [1.54, 1.807) is 12.5 Å². The third-order valence-electron chi connectivity index (χ3n) is 3.80. The Bertz CT molecular complexity index is 592. The van der Waals surface area contributed by atoms with Crippen LogP contribution in [0.3, 0.4) is 0 Å². The van der Waals surface area contributed by atoms with Gasteiger partial charge in [-0.15, -0.1) is 0 Å². The van der Waals surface area contributed by atoms with Crippen LogP contribution in [0.4, 0.5) is 0 Å². The minimum atomic E-state index is 0.0336. The number of furan rings is 1. The van der Waals surface area contributed by atoms with Crippen LogP contribution in [0.2, 0.25) is 0 Å². The molecule has 20 heavy (non-hydrogen) atoms. The lowest BCUT2D eigenvalue weighted by Gasteiger charge is -2.16. The molecule has 1 aromatic heterocycles. The van der Waals surface area contributed by atoms with Crippen LogP contribution in [0.25, 0.3) is 11.1 Å². The van der Waals surface area contributed by atoms with Gasteiger partial charge in [-0.1, -0.05) is 12.1 Å². The number of carbonyl (C=O) groups excluding carboxylic acids is 1. The zero-order valence-electron chi connectivity index (χ0n) is 11.2. The first-order chi connectivity index (χ1) is 9.78. The molecule has 2 aromatic rings. The van der Waals surface area contributed by atoms with E-state index in [1.807, 2.05) is 35.2 Å². The highest BCUT2D eigenvalue weighted by Crippen LogP contribution is 2.23.